The Morgan fingerprint density at radius 2 is 1.25 bits per heavy atom. The molecule has 1 rings (SSSR count). The third-order valence-corrected chi connectivity index (χ3v) is 6.99. The van der Waals surface area contributed by atoms with Gasteiger partial charge < -0.3 is 8.85 Å². The largest absolute Gasteiger partial charge is 0.520 e. The lowest BCUT2D eigenvalue weighted by Crippen LogP contribution is -2.38. The van der Waals surface area contributed by atoms with Gasteiger partial charge in [-0.05, 0) is 43.6 Å². The second-order valence-electron chi connectivity index (χ2n) is 8.59. The van der Waals surface area contributed by atoms with Gasteiger partial charge in [0.1, 0.15) is 5.75 Å². The van der Waals surface area contributed by atoms with Gasteiger partial charge in [-0.1, -0.05) is 103 Å². The van der Waals surface area contributed by atoms with Crippen LogP contribution in [0.4, 0.5) is 0 Å². The lowest BCUT2D eigenvalue weighted by Gasteiger charge is -2.24. The molecule has 0 aliphatic rings. The van der Waals surface area contributed by atoms with E-state index < -0.39 is 8.56 Å². The summed E-state index contributed by atoms with van der Waals surface area (Å²) in [6.07, 6.45) is 19.0. The summed E-state index contributed by atoms with van der Waals surface area (Å²) in [4.78, 5) is 0. The van der Waals surface area contributed by atoms with Crippen LogP contribution in [0.15, 0.2) is 24.3 Å². The molecule has 0 heterocycles. The maximum Gasteiger partial charge on any atom is 0.392 e. The van der Waals surface area contributed by atoms with E-state index in [1.807, 2.05) is 6.07 Å². The highest BCUT2D eigenvalue weighted by Crippen LogP contribution is 2.19. The Balaban J connectivity index is 1.96. The van der Waals surface area contributed by atoms with Gasteiger partial charge in [-0.25, -0.2) is 0 Å². The van der Waals surface area contributed by atoms with E-state index in [-0.39, 0.29) is 0 Å². The third-order valence-electron chi connectivity index (χ3n) is 5.37. The van der Waals surface area contributed by atoms with Gasteiger partial charge in [0, 0.05) is 6.61 Å². The summed E-state index contributed by atoms with van der Waals surface area (Å²) in [6, 6.07) is 8.41. The molecule has 1 aromatic rings. The molecule has 0 fully saturated rings. The molecule has 0 saturated carbocycles. The maximum atomic E-state index is 6.17. The third kappa shape index (κ3) is 13.4. The van der Waals surface area contributed by atoms with Crippen LogP contribution in [0.3, 0.4) is 0 Å². The van der Waals surface area contributed by atoms with E-state index in [1.165, 1.54) is 82.6 Å². The van der Waals surface area contributed by atoms with Crippen molar-refractivity contribution in [3.8, 4) is 5.75 Å². The highest BCUT2D eigenvalue weighted by Gasteiger charge is 2.26. The summed E-state index contributed by atoms with van der Waals surface area (Å²) >= 11 is 0. The van der Waals surface area contributed by atoms with Gasteiger partial charge in [0.25, 0.3) is 0 Å². The predicted octanol–water partition coefficient (Wildman–Crippen LogP) is 8.44. The minimum Gasteiger partial charge on any atom is -0.520 e. The van der Waals surface area contributed by atoms with Crippen LogP contribution >= 0.6 is 0 Å². The molecule has 0 bridgehead atoms. The van der Waals surface area contributed by atoms with Crippen LogP contribution in [0.25, 0.3) is 0 Å². The van der Waals surface area contributed by atoms with Crippen molar-refractivity contribution in [1.29, 1.82) is 0 Å². The van der Waals surface area contributed by atoms with Crippen LogP contribution in [-0.4, -0.2) is 15.2 Å². The van der Waals surface area contributed by atoms with Gasteiger partial charge in [-0.3, -0.25) is 0 Å². The molecular weight excluding hydrogens is 360 g/mol. The first kappa shape index (κ1) is 25.2. The van der Waals surface area contributed by atoms with E-state index in [4.69, 9.17) is 8.85 Å². The van der Waals surface area contributed by atoms with Crippen LogP contribution in [0.1, 0.15) is 103 Å². The van der Waals surface area contributed by atoms with Gasteiger partial charge in [-0.15, -0.1) is 0 Å². The molecule has 1 aromatic carbocycles. The van der Waals surface area contributed by atoms with Crippen molar-refractivity contribution in [1.82, 2.24) is 0 Å². The average molecular weight is 407 g/mol. The zero-order chi connectivity index (χ0) is 20.5. The van der Waals surface area contributed by atoms with Crippen LogP contribution in [0, 0.1) is 0 Å². The smallest absolute Gasteiger partial charge is 0.392 e. The summed E-state index contributed by atoms with van der Waals surface area (Å²) in [6.45, 7) is 9.59. The first-order valence-corrected chi connectivity index (χ1v) is 14.8. The lowest BCUT2D eigenvalue weighted by atomic mass is 10.0. The Hall–Kier alpha value is -0.803. The molecule has 0 aromatic heterocycles. The Bertz CT molecular complexity index is 487. The number of rotatable bonds is 18. The van der Waals surface area contributed by atoms with Gasteiger partial charge in [-0.2, -0.15) is 0 Å². The van der Waals surface area contributed by atoms with E-state index in [1.54, 1.807) is 0 Å². The van der Waals surface area contributed by atoms with Crippen molar-refractivity contribution in [2.45, 2.75) is 117 Å². The molecule has 28 heavy (non-hydrogen) atoms. The standard InChI is InChI=1S/C25H46O2Si/c1-5-7-8-9-10-11-12-13-14-15-16-17-18-22-26-28(3,4)27-25-21-19-20-24(6-2)23-25/h19-21,23H,5-18,22H2,1-4H3. The van der Waals surface area contributed by atoms with Crippen molar-refractivity contribution in [3.05, 3.63) is 29.8 Å². The zero-order valence-corrected chi connectivity index (χ0v) is 20.2. The molecule has 0 aliphatic heterocycles. The molecule has 0 aliphatic carbocycles. The van der Waals surface area contributed by atoms with Crippen LogP contribution in [0.5, 0.6) is 5.75 Å². The normalized spacial score (nSPS) is 11.7. The SMILES string of the molecule is CCCCCCCCCCCCCCCO[Si](C)(C)Oc1cccc(CC)c1. The van der Waals surface area contributed by atoms with Crippen molar-refractivity contribution in [2.24, 2.45) is 0 Å². The highest BCUT2D eigenvalue weighted by molar-refractivity contribution is 6.65. The Labute approximate surface area is 176 Å². The fourth-order valence-electron chi connectivity index (χ4n) is 3.58. The number of benzene rings is 1. The van der Waals surface area contributed by atoms with Crippen molar-refractivity contribution >= 4 is 8.56 Å². The molecule has 0 spiro atoms. The van der Waals surface area contributed by atoms with E-state index in [9.17, 15) is 0 Å². The minimum absolute atomic E-state index is 0.838. The molecule has 2 nitrogen and oxygen atoms in total. The topological polar surface area (TPSA) is 18.5 Å². The summed E-state index contributed by atoms with van der Waals surface area (Å²) in [5.74, 6) is 0.960. The summed E-state index contributed by atoms with van der Waals surface area (Å²) in [5, 5.41) is 0. The maximum absolute atomic E-state index is 6.17. The van der Waals surface area contributed by atoms with Gasteiger partial charge in [0.2, 0.25) is 0 Å². The highest BCUT2D eigenvalue weighted by atomic mass is 28.4. The molecule has 0 atom stereocenters. The van der Waals surface area contributed by atoms with E-state index in [0.717, 1.165) is 25.2 Å². The van der Waals surface area contributed by atoms with Crippen molar-refractivity contribution in [2.75, 3.05) is 6.61 Å². The van der Waals surface area contributed by atoms with Crippen LogP contribution < -0.4 is 4.43 Å². The Morgan fingerprint density at radius 1 is 0.714 bits per heavy atom. The molecule has 0 saturated heterocycles. The first-order valence-electron chi connectivity index (χ1n) is 12.0. The Morgan fingerprint density at radius 3 is 1.79 bits per heavy atom. The fourth-order valence-corrected chi connectivity index (χ4v) is 4.97. The monoisotopic (exact) mass is 406 g/mol. The molecule has 0 unspecified atom stereocenters. The number of aryl methyl sites for hydroxylation is 1. The first-order chi connectivity index (χ1) is 13.6. The Kier molecular flexibility index (Phi) is 14.5. The average Bonchev–Trinajstić information content (AvgIpc) is 2.68. The minimum atomic E-state index is -2.08. The number of hydrogen-bond acceptors (Lipinski definition) is 2. The van der Waals surface area contributed by atoms with E-state index in [0.29, 0.717) is 0 Å². The van der Waals surface area contributed by atoms with Crippen LogP contribution in [-0.2, 0) is 10.8 Å². The van der Waals surface area contributed by atoms with Gasteiger partial charge in [0.15, 0.2) is 0 Å². The second-order valence-corrected chi connectivity index (χ2v) is 11.9. The summed E-state index contributed by atoms with van der Waals surface area (Å²) < 4.78 is 12.3. The second kappa shape index (κ2) is 16.0. The molecule has 0 N–H and O–H groups in total. The number of unbranched alkanes of at least 4 members (excludes halogenated alkanes) is 12. The fraction of sp³-hybridized carbons (Fsp3) is 0.760. The van der Waals surface area contributed by atoms with Crippen LogP contribution in [0.2, 0.25) is 13.1 Å². The van der Waals surface area contributed by atoms with Crippen molar-refractivity contribution < 1.29 is 8.85 Å². The van der Waals surface area contributed by atoms with E-state index in [2.05, 4.69) is 45.1 Å². The quantitative estimate of drug-likeness (QED) is 0.180. The molecule has 3 heteroatoms. The predicted molar refractivity (Wildman–Crippen MR) is 126 cm³/mol. The van der Waals surface area contributed by atoms with E-state index >= 15 is 0 Å². The summed E-state index contributed by atoms with van der Waals surface area (Å²) in [5.41, 5.74) is 1.32. The zero-order valence-electron chi connectivity index (χ0n) is 19.2. The molecule has 162 valence electrons. The van der Waals surface area contributed by atoms with Crippen molar-refractivity contribution in [3.63, 3.8) is 0 Å². The molecular formula is C25H46O2Si. The summed E-state index contributed by atoms with van der Waals surface area (Å²) in [7, 11) is -2.08. The lowest BCUT2D eigenvalue weighted by molar-refractivity contribution is 0.240. The number of hydrogen-bond donors (Lipinski definition) is 0. The van der Waals surface area contributed by atoms with Gasteiger partial charge in [0.05, 0.1) is 0 Å². The van der Waals surface area contributed by atoms with Gasteiger partial charge >= 0.3 is 8.56 Å². The molecule has 0 amide bonds. The molecule has 0 radical (unpaired) electrons.